The summed E-state index contributed by atoms with van der Waals surface area (Å²) in [6.07, 6.45) is 0. The Balaban J connectivity index is 1.24. The van der Waals surface area contributed by atoms with Crippen LogP contribution in [0.3, 0.4) is 0 Å². The maximum atomic E-state index is 6.45. The van der Waals surface area contributed by atoms with Crippen molar-refractivity contribution >= 4 is 43.7 Å². The summed E-state index contributed by atoms with van der Waals surface area (Å²) in [5, 5.41) is 4.84. The first kappa shape index (κ1) is 31.8. The second-order valence-electron chi connectivity index (χ2n) is 16.6. The Hall–Kier alpha value is -5.86. The van der Waals surface area contributed by atoms with Gasteiger partial charge in [-0.3, -0.25) is 0 Å². The minimum atomic E-state index is -0.0335. The number of para-hydroxylation sites is 5. The first-order chi connectivity index (χ1) is 25.6. The van der Waals surface area contributed by atoms with E-state index in [0.717, 1.165) is 33.1 Å². The molecule has 53 heavy (non-hydrogen) atoms. The number of aromatic nitrogens is 1. The summed E-state index contributed by atoms with van der Waals surface area (Å²) in [4.78, 5) is 0. The molecule has 0 unspecified atom stereocenters. The van der Waals surface area contributed by atoms with Crippen LogP contribution in [0.4, 0.5) is 0 Å². The van der Waals surface area contributed by atoms with Crippen molar-refractivity contribution in [2.45, 2.75) is 52.4 Å². The minimum Gasteiger partial charge on any atom is -0.455 e. The fourth-order valence-electron chi connectivity index (χ4n) is 9.44. The first-order valence-electron chi connectivity index (χ1n) is 18.9. The predicted molar refractivity (Wildman–Crippen MR) is 224 cm³/mol. The highest BCUT2D eigenvalue weighted by molar-refractivity contribution is 6.15. The summed E-state index contributed by atoms with van der Waals surface area (Å²) in [7, 11) is 0. The summed E-state index contributed by atoms with van der Waals surface area (Å²) < 4.78 is 8.92. The molecule has 0 amide bonds. The molecule has 0 saturated carbocycles. The first-order valence-corrected chi connectivity index (χ1v) is 18.9. The molecule has 0 atom stereocenters. The molecule has 258 valence electrons. The number of furan rings is 1. The summed E-state index contributed by atoms with van der Waals surface area (Å²) >= 11 is 0. The summed E-state index contributed by atoms with van der Waals surface area (Å²) in [5.41, 5.74) is 15.6. The van der Waals surface area contributed by atoms with Gasteiger partial charge >= 0.3 is 0 Å². The summed E-state index contributed by atoms with van der Waals surface area (Å²) in [6.45, 7) is 14.7. The molecule has 1 aliphatic carbocycles. The third-order valence-electron chi connectivity index (χ3n) is 13.5. The van der Waals surface area contributed by atoms with Crippen LogP contribution in [-0.4, -0.2) is 4.57 Å². The third kappa shape index (κ3) is 4.33. The molecule has 2 heteroatoms. The molecule has 0 radical (unpaired) electrons. The molecule has 2 nitrogen and oxygen atoms in total. The van der Waals surface area contributed by atoms with E-state index in [0.29, 0.717) is 0 Å². The van der Waals surface area contributed by atoms with Gasteiger partial charge in [-0.15, -0.1) is 0 Å². The van der Waals surface area contributed by atoms with Crippen LogP contribution in [0.2, 0.25) is 0 Å². The van der Waals surface area contributed by atoms with Gasteiger partial charge in [0.15, 0.2) is 0 Å². The van der Waals surface area contributed by atoms with E-state index in [4.69, 9.17) is 4.42 Å². The van der Waals surface area contributed by atoms with E-state index < -0.39 is 0 Å². The quantitative estimate of drug-likeness (QED) is 0.180. The molecule has 7 aromatic carbocycles. The van der Waals surface area contributed by atoms with Crippen LogP contribution in [0.5, 0.6) is 0 Å². The van der Waals surface area contributed by atoms with Crippen molar-refractivity contribution in [3.05, 3.63) is 163 Å². The Labute approximate surface area is 311 Å². The topological polar surface area (TPSA) is 18.1 Å². The number of rotatable bonds is 4. The summed E-state index contributed by atoms with van der Waals surface area (Å²) in [6, 6.07) is 55.6. The number of fused-ring (bicyclic) bond motifs is 7. The second-order valence-corrected chi connectivity index (χ2v) is 16.6. The fourth-order valence-corrected chi connectivity index (χ4v) is 9.44. The van der Waals surface area contributed by atoms with Gasteiger partial charge in [0.25, 0.3) is 0 Å². The Bertz CT molecular complexity index is 2900. The van der Waals surface area contributed by atoms with Gasteiger partial charge in [0.2, 0.25) is 0 Å². The Morgan fingerprint density at radius 1 is 0.434 bits per heavy atom. The SMILES string of the molecule is CC1(C)c2cc(-c3ccc(-c4cccc5c4oc4ccccc45)cc3)c(-c3cccc4c5ccccc5n(-c5ccccc5)c34)cc2C(C)(C)C1(C)C. The molecular weight excluding hydrogens is 643 g/mol. The zero-order valence-corrected chi connectivity index (χ0v) is 31.3. The van der Waals surface area contributed by atoms with Crippen molar-refractivity contribution in [2.75, 3.05) is 0 Å². The monoisotopic (exact) mass is 685 g/mol. The van der Waals surface area contributed by atoms with Gasteiger partial charge in [0, 0.05) is 38.4 Å². The van der Waals surface area contributed by atoms with Crippen LogP contribution >= 0.6 is 0 Å². The highest BCUT2D eigenvalue weighted by atomic mass is 16.3. The summed E-state index contributed by atoms with van der Waals surface area (Å²) in [5.74, 6) is 0. The average molecular weight is 686 g/mol. The molecular formula is C51H43NO. The number of nitrogens with zero attached hydrogens (tertiary/aromatic N) is 1. The Morgan fingerprint density at radius 2 is 0.981 bits per heavy atom. The van der Waals surface area contributed by atoms with Crippen molar-refractivity contribution < 1.29 is 4.42 Å². The molecule has 0 fully saturated rings. The molecule has 9 aromatic rings. The van der Waals surface area contributed by atoms with Gasteiger partial charge in [0.1, 0.15) is 11.2 Å². The highest BCUT2D eigenvalue weighted by Gasteiger charge is 2.57. The maximum Gasteiger partial charge on any atom is 0.143 e. The lowest BCUT2D eigenvalue weighted by atomic mass is 9.59. The van der Waals surface area contributed by atoms with E-state index in [1.54, 1.807) is 0 Å². The molecule has 1 aliphatic rings. The van der Waals surface area contributed by atoms with Gasteiger partial charge in [-0.2, -0.15) is 0 Å². The lowest BCUT2D eigenvalue weighted by Crippen LogP contribution is -2.42. The van der Waals surface area contributed by atoms with Gasteiger partial charge in [0.05, 0.1) is 11.0 Å². The molecule has 0 N–H and O–H groups in total. The van der Waals surface area contributed by atoms with Crippen molar-refractivity contribution in [2.24, 2.45) is 5.41 Å². The van der Waals surface area contributed by atoms with E-state index in [2.05, 4.69) is 192 Å². The highest BCUT2D eigenvalue weighted by Crippen LogP contribution is 2.63. The molecule has 10 rings (SSSR count). The lowest BCUT2D eigenvalue weighted by Gasteiger charge is -2.44. The zero-order chi connectivity index (χ0) is 36.3. The molecule has 0 saturated heterocycles. The Kier molecular flexibility index (Phi) is 6.65. The van der Waals surface area contributed by atoms with Gasteiger partial charge in [-0.25, -0.2) is 0 Å². The molecule has 0 spiro atoms. The molecule has 0 aliphatic heterocycles. The van der Waals surface area contributed by atoms with Gasteiger partial charge in [-0.1, -0.05) is 157 Å². The maximum absolute atomic E-state index is 6.45. The Morgan fingerprint density at radius 3 is 1.70 bits per heavy atom. The van der Waals surface area contributed by atoms with Gasteiger partial charge < -0.3 is 8.98 Å². The zero-order valence-electron chi connectivity index (χ0n) is 31.3. The number of benzene rings is 7. The second kappa shape index (κ2) is 11.1. The normalized spacial score (nSPS) is 15.8. The number of hydrogen-bond donors (Lipinski definition) is 0. The van der Waals surface area contributed by atoms with E-state index in [1.165, 1.54) is 60.9 Å². The van der Waals surface area contributed by atoms with Crippen molar-refractivity contribution in [3.8, 4) is 39.1 Å². The third-order valence-corrected chi connectivity index (χ3v) is 13.5. The van der Waals surface area contributed by atoms with Crippen LogP contribution in [-0.2, 0) is 10.8 Å². The average Bonchev–Trinajstić information content (AvgIpc) is 3.76. The van der Waals surface area contributed by atoms with E-state index >= 15 is 0 Å². The minimum absolute atomic E-state index is 0.0268. The van der Waals surface area contributed by atoms with Crippen LogP contribution in [0.15, 0.2) is 156 Å². The standard InChI is InChI=1S/C51H43NO/c1-49(2)43-30-41(33-28-26-32(27-29-33)35-20-14-23-40-37-19-11-13-25-46(37)53-48(35)40)42(31-44(43)50(3,4)51(49,5)6)39-22-15-21-38-36-18-10-12-24-45(36)52(47(38)39)34-16-8-7-9-17-34/h7-31H,1-6H3. The van der Waals surface area contributed by atoms with Crippen LogP contribution in [0.25, 0.3) is 82.8 Å². The largest absolute Gasteiger partial charge is 0.455 e. The van der Waals surface area contributed by atoms with E-state index in [1.807, 2.05) is 6.07 Å². The van der Waals surface area contributed by atoms with Crippen molar-refractivity contribution in [1.29, 1.82) is 0 Å². The smallest absolute Gasteiger partial charge is 0.143 e. The van der Waals surface area contributed by atoms with Crippen LogP contribution in [0.1, 0.15) is 52.7 Å². The van der Waals surface area contributed by atoms with Crippen molar-refractivity contribution in [3.63, 3.8) is 0 Å². The number of hydrogen-bond acceptors (Lipinski definition) is 1. The van der Waals surface area contributed by atoms with E-state index in [-0.39, 0.29) is 16.2 Å². The van der Waals surface area contributed by atoms with Crippen LogP contribution < -0.4 is 0 Å². The molecule has 2 heterocycles. The lowest BCUT2D eigenvalue weighted by molar-refractivity contribution is 0.125. The fraction of sp³-hybridized carbons (Fsp3) is 0.176. The predicted octanol–water partition coefficient (Wildman–Crippen LogP) is 14.3. The molecule has 2 aromatic heterocycles. The van der Waals surface area contributed by atoms with Gasteiger partial charge in [-0.05, 0) is 86.0 Å². The van der Waals surface area contributed by atoms with Crippen LogP contribution in [0, 0.1) is 5.41 Å². The van der Waals surface area contributed by atoms with Crippen molar-refractivity contribution in [1.82, 2.24) is 4.57 Å². The molecule has 0 bridgehead atoms. The van der Waals surface area contributed by atoms with E-state index in [9.17, 15) is 0 Å².